The second-order valence-electron chi connectivity index (χ2n) is 10.7. The van der Waals surface area contributed by atoms with Gasteiger partial charge < -0.3 is 9.80 Å². The summed E-state index contributed by atoms with van der Waals surface area (Å²) in [5.41, 5.74) is 5.40. The molecule has 1 aromatic carbocycles. The second kappa shape index (κ2) is 11.9. The Bertz CT molecular complexity index is 1270. The van der Waals surface area contributed by atoms with Crippen molar-refractivity contribution in [1.29, 1.82) is 0 Å². The van der Waals surface area contributed by atoms with Gasteiger partial charge in [-0.2, -0.15) is 0 Å². The van der Waals surface area contributed by atoms with Crippen LogP contribution >= 0.6 is 0 Å². The van der Waals surface area contributed by atoms with Crippen LogP contribution in [0, 0.1) is 12.3 Å². The Morgan fingerprint density at radius 2 is 1.68 bits per heavy atom. The van der Waals surface area contributed by atoms with E-state index in [4.69, 9.17) is 0 Å². The normalized spacial score (nSPS) is 15.1. The number of rotatable bonds is 10. The third-order valence-electron chi connectivity index (χ3n) is 7.55. The van der Waals surface area contributed by atoms with Crippen molar-refractivity contribution in [2.45, 2.75) is 53.5 Å². The number of aromatic nitrogens is 2. The first kappa shape index (κ1) is 27.5. The number of fused-ring (bicyclic) bond motifs is 1. The van der Waals surface area contributed by atoms with Gasteiger partial charge in [-0.05, 0) is 100 Å². The molecule has 3 heterocycles. The number of anilines is 2. The first-order valence-electron chi connectivity index (χ1n) is 13.5. The summed E-state index contributed by atoms with van der Waals surface area (Å²) in [4.78, 5) is 40.8. The summed E-state index contributed by atoms with van der Waals surface area (Å²) < 4.78 is 0. The molecule has 4 rings (SSSR count). The molecule has 38 heavy (non-hydrogen) atoms. The van der Waals surface area contributed by atoms with Gasteiger partial charge in [-0.25, -0.2) is 0 Å². The Morgan fingerprint density at radius 3 is 2.39 bits per heavy atom. The number of amides is 2. The van der Waals surface area contributed by atoms with Crippen LogP contribution in [0.1, 0.15) is 49.4 Å². The van der Waals surface area contributed by atoms with Crippen LogP contribution in [0.15, 0.2) is 61.2 Å². The molecule has 0 N–H and O–H groups in total. The molecule has 2 amide bonds. The lowest BCUT2D eigenvalue weighted by Crippen LogP contribution is -2.47. The molecule has 1 aliphatic rings. The quantitative estimate of drug-likeness (QED) is 0.364. The Hall–Kier alpha value is -3.58. The molecule has 7 heteroatoms. The maximum Gasteiger partial charge on any atom is 0.242 e. The van der Waals surface area contributed by atoms with E-state index in [-0.39, 0.29) is 11.8 Å². The van der Waals surface area contributed by atoms with Gasteiger partial charge in [-0.1, -0.05) is 12.1 Å². The summed E-state index contributed by atoms with van der Waals surface area (Å²) in [6, 6.07) is 12.3. The minimum absolute atomic E-state index is 0.154. The zero-order valence-electron chi connectivity index (χ0n) is 23.3. The van der Waals surface area contributed by atoms with Gasteiger partial charge in [-0.3, -0.25) is 24.5 Å². The number of carbonyl (C=O) groups is 2. The van der Waals surface area contributed by atoms with Crippen molar-refractivity contribution >= 4 is 23.2 Å². The summed E-state index contributed by atoms with van der Waals surface area (Å²) >= 11 is 0. The minimum atomic E-state index is -1.09. The summed E-state index contributed by atoms with van der Waals surface area (Å²) in [6.45, 7) is 10.8. The monoisotopic (exact) mass is 513 g/mol. The molecule has 2 aromatic heterocycles. The maximum absolute atomic E-state index is 13.2. The molecule has 200 valence electrons. The SMILES string of the molecule is CCN1C(=O)C(C)(C)C(=O)N(C)c2cc(CCCN(CCc3cccnc3)Cc3cnccc3C)ccc21. The van der Waals surface area contributed by atoms with Gasteiger partial charge in [0, 0.05) is 51.5 Å². The van der Waals surface area contributed by atoms with Crippen molar-refractivity contribution in [3.05, 3.63) is 83.4 Å². The van der Waals surface area contributed by atoms with Crippen LogP contribution < -0.4 is 9.80 Å². The van der Waals surface area contributed by atoms with Gasteiger partial charge in [0.15, 0.2) is 0 Å². The van der Waals surface area contributed by atoms with Crippen molar-refractivity contribution in [2.75, 3.05) is 36.5 Å². The fourth-order valence-electron chi connectivity index (χ4n) is 5.12. The highest BCUT2D eigenvalue weighted by Crippen LogP contribution is 2.38. The minimum Gasteiger partial charge on any atom is -0.313 e. The van der Waals surface area contributed by atoms with E-state index in [1.54, 1.807) is 30.7 Å². The lowest BCUT2D eigenvalue weighted by molar-refractivity contribution is -0.137. The van der Waals surface area contributed by atoms with Crippen LogP contribution in [0.2, 0.25) is 0 Å². The average molecular weight is 514 g/mol. The highest BCUT2D eigenvalue weighted by atomic mass is 16.2. The molecule has 3 aromatic rings. The maximum atomic E-state index is 13.2. The number of carbonyl (C=O) groups excluding carboxylic acids is 2. The summed E-state index contributed by atoms with van der Waals surface area (Å²) in [6.07, 6.45) is 10.4. The van der Waals surface area contributed by atoms with Crippen molar-refractivity contribution in [1.82, 2.24) is 14.9 Å². The van der Waals surface area contributed by atoms with Gasteiger partial charge in [0.25, 0.3) is 0 Å². The van der Waals surface area contributed by atoms with E-state index in [0.29, 0.717) is 6.54 Å². The molecule has 0 fully saturated rings. The van der Waals surface area contributed by atoms with Crippen LogP contribution in [0.4, 0.5) is 11.4 Å². The largest absolute Gasteiger partial charge is 0.313 e. The Balaban J connectivity index is 1.48. The van der Waals surface area contributed by atoms with Gasteiger partial charge in [-0.15, -0.1) is 0 Å². The molecule has 0 radical (unpaired) electrons. The summed E-state index contributed by atoms with van der Waals surface area (Å²) in [5.74, 6) is -0.330. The highest BCUT2D eigenvalue weighted by molar-refractivity contribution is 6.19. The van der Waals surface area contributed by atoms with Crippen LogP contribution in [0.3, 0.4) is 0 Å². The third kappa shape index (κ3) is 5.94. The predicted octanol–water partition coefficient (Wildman–Crippen LogP) is 4.82. The summed E-state index contributed by atoms with van der Waals surface area (Å²) in [7, 11) is 1.77. The number of hydrogen-bond donors (Lipinski definition) is 0. The van der Waals surface area contributed by atoms with Gasteiger partial charge in [0.1, 0.15) is 5.41 Å². The molecule has 0 spiro atoms. The van der Waals surface area contributed by atoms with Crippen LogP contribution in [-0.2, 0) is 29.0 Å². The van der Waals surface area contributed by atoms with E-state index < -0.39 is 5.41 Å². The van der Waals surface area contributed by atoms with Crippen molar-refractivity contribution in [3.63, 3.8) is 0 Å². The topological polar surface area (TPSA) is 69.6 Å². The molecule has 0 aliphatic carbocycles. The molecule has 0 atom stereocenters. The van der Waals surface area contributed by atoms with E-state index in [1.165, 1.54) is 16.7 Å². The van der Waals surface area contributed by atoms with Crippen LogP contribution in [0.25, 0.3) is 0 Å². The van der Waals surface area contributed by atoms with E-state index in [9.17, 15) is 9.59 Å². The fraction of sp³-hybridized carbons (Fsp3) is 0.419. The highest BCUT2D eigenvalue weighted by Gasteiger charge is 2.45. The number of benzene rings is 1. The van der Waals surface area contributed by atoms with E-state index in [1.807, 2.05) is 43.8 Å². The molecular formula is C31H39N5O2. The summed E-state index contributed by atoms with van der Waals surface area (Å²) in [5, 5.41) is 0. The first-order valence-corrected chi connectivity index (χ1v) is 13.5. The standard InChI is InChI=1S/C31H39N5O2/c1-6-36-27-12-11-24(19-28(27)34(5)29(37)31(3,4)30(36)38)10-8-17-35(18-14-25-9-7-15-32-20-25)22-26-21-33-16-13-23(26)2/h7,9,11-13,15-16,19-21H,6,8,10,14,17-18,22H2,1-5H3. The molecule has 0 saturated carbocycles. The Morgan fingerprint density at radius 1 is 0.895 bits per heavy atom. The van der Waals surface area contributed by atoms with Crippen molar-refractivity contribution < 1.29 is 9.59 Å². The van der Waals surface area contributed by atoms with Gasteiger partial charge in [0.05, 0.1) is 11.4 Å². The van der Waals surface area contributed by atoms with Crippen molar-refractivity contribution in [3.8, 4) is 0 Å². The molecule has 0 saturated heterocycles. The van der Waals surface area contributed by atoms with E-state index >= 15 is 0 Å². The van der Waals surface area contributed by atoms with Gasteiger partial charge >= 0.3 is 0 Å². The Labute approximate surface area is 226 Å². The lowest BCUT2D eigenvalue weighted by atomic mass is 9.90. The predicted molar refractivity (Wildman–Crippen MR) is 152 cm³/mol. The number of nitrogens with zero attached hydrogens (tertiary/aromatic N) is 5. The third-order valence-corrected chi connectivity index (χ3v) is 7.55. The molecule has 0 bridgehead atoms. The fourth-order valence-corrected chi connectivity index (χ4v) is 5.12. The van der Waals surface area contributed by atoms with Crippen LogP contribution in [-0.4, -0.2) is 53.4 Å². The molecule has 1 aliphatic heterocycles. The first-order chi connectivity index (χ1) is 18.2. The van der Waals surface area contributed by atoms with Crippen molar-refractivity contribution in [2.24, 2.45) is 5.41 Å². The Kier molecular flexibility index (Phi) is 8.57. The molecule has 0 unspecified atom stereocenters. The van der Waals surface area contributed by atoms with E-state index in [0.717, 1.165) is 55.8 Å². The molecular weight excluding hydrogens is 474 g/mol. The smallest absolute Gasteiger partial charge is 0.242 e. The number of aryl methyl sites for hydroxylation is 2. The lowest BCUT2D eigenvalue weighted by Gasteiger charge is -2.27. The zero-order valence-corrected chi connectivity index (χ0v) is 23.3. The van der Waals surface area contributed by atoms with E-state index in [2.05, 4.69) is 46.1 Å². The zero-order chi connectivity index (χ0) is 27.3. The molecule has 7 nitrogen and oxygen atoms in total. The number of hydrogen-bond acceptors (Lipinski definition) is 5. The van der Waals surface area contributed by atoms with Crippen LogP contribution in [0.5, 0.6) is 0 Å². The van der Waals surface area contributed by atoms with Gasteiger partial charge in [0.2, 0.25) is 11.8 Å². The second-order valence-corrected chi connectivity index (χ2v) is 10.7. The average Bonchev–Trinajstić information content (AvgIpc) is 2.97. The number of pyridine rings is 2.